The monoisotopic (exact) mass is 551 g/mol. The lowest BCUT2D eigenvalue weighted by molar-refractivity contribution is 0.0582. The van der Waals surface area contributed by atoms with Crippen molar-refractivity contribution in [3.05, 3.63) is 52.5 Å². The van der Waals surface area contributed by atoms with E-state index >= 15 is 0 Å². The van der Waals surface area contributed by atoms with Gasteiger partial charge in [-0.15, -0.1) is 0 Å². The van der Waals surface area contributed by atoms with Crippen LogP contribution in [0.4, 0.5) is 14.7 Å². The third kappa shape index (κ3) is 9.52. The van der Waals surface area contributed by atoms with Gasteiger partial charge in [-0.05, 0) is 73.6 Å². The van der Waals surface area contributed by atoms with Crippen LogP contribution in [0.5, 0.6) is 11.5 Å². The highest BCUT2D eigenvalue weighted by atomic mass is 19.1. The van der Waals surface area contributed by atoms with Crippen molar-refractivity contribution in [3.8, 4) is 11.5 Å². The molecule has 3 aromatic rings. The zero-order valence-corrected chi connectivity index (χ0v) is 24.5. The Labute approximate surface area is 229 Å². The SMILES string of the molecule is CC.CC(C)n1c(=O)c(Oc2ccc(F)cc2F)cc2cnc(N[C@@H](C)C(C)(C)O)nc21.C[C@H](N)C(C)(C)O. The molecule has 2 aromatic heterocycles. The highest BCUT2D eigenvalue weighted by Crippen LogP contribution is 2.26. The lowest BCUT2D eigenvalue weighted by Gasteiger charge is -2.26. The van der Waals surface area contributed by atoms with E-state index in [0.29, 0.717) is 17.1 Å². The molecule has 5 N–H and O–H groups in total. The van der Waals surface area contributed by atoms with Crippen molar-refractivity contribution in [1.29, 1.82) is 0 Å². The molecule has 0 aliphatic rings. The number of ether oxygens (including phenoxy) is 1. The lowest BCUT2D eigenvalue weighted by atomic mass is 10.0. The van der Waals surface area contributed by atoms with Crippen molar-refractivity contribution in [2.75, 3.05) is 5.32 Å². The molecule has 11 heteroatoms. The van der Waals surface area contributed by atoms with Crippen molar-refractivity contribution < 1.29 is 23.7 Å². The third-order valence-electron chi connectivity index (χ3n) is 5.89. The number of hydrogen-bond donors (Lipinski definition) is 4. The Morgan fingerprint density at radius 1 is 1.00 bits per heavy atom. The minimum Gasteiger partial charge on any atom is -0.448 e. The zero-order chi connectivity index (χ0) is 30.3. The van der Waals surface area contributed by atoms with Gasteiger partial charge in [-0.25, -0.2) is 13.8 Å². The van der Waals surface area contributed by atoms with Crippen molar-refractivity contribution in [3.63, 3.8) is 0 Å². The Bertz CT molecular complexity index is 1280. The number of benzene rings is 1. The van der Waals surface area contributed by atoms with Gasteiger partial charge in [0.15, 0.2) is 17.3 Å². The molecule has 0 aliphatic carbocycles. The molecular weight excluding hydrogens is 508 g/mol. The lowest BCUT2D eigenvalue weighted by Crippen LogP contribution is -2.40. The number of pyridine rings is 1. The molecule has 0 radical (unpaired) electrons. The Hall–Kier alpha value is -3.15. The maximum atomic E-state index is 14.0. The second-order valence-corrected chi connectivity index (χ2v) is 10.4. The summed E-state index contributed by atoms with van der Waals surface area (Å²) in [7, 11) is 0. The Morgan fingerprint density at radius 2 is 1.56 bits per heavy atom. The van der Waals surface area contributed by atoms with Gasteiger partial charge in [-0.1, -0.05) is 13.8 Å². The standard InChI is InChI=1S/C21H24F2N4O3.C5H13NO.C2H6/c1-11(2)27-18-13(10-24-20(26-18)25-12(3)21(4,5)29)8-17(19(27)28)30-16-7-6-14(22)9-15(16)23;1-4(6)5(2,3)7;1-2/h6-12,29H,1-5H3,(H,24,25,26);4,7H,6H2,1-3H3;1-2H3/t12-;4-;/m00./s1. The van der Waals surface area contributed by atoms with E-state index in [1.807, 2.05) is 13.8 Å². The first-order chi connectivity index (χ1) is 17.9. The minimum absolute atomic E-state index is 0.129. The third-order valence-corrected chi connectivity index (χ3v) is 5.89. The number of anilines is 1. The van der Waals surface area contributed by atoms with Gasteiger partial charge in [0.25, 0.3) is 5.56 Å². The van der Waals surface area contributed by atoms with Crippen LogP contribution in [0.3, 0.4) is 0 Å². The van der Waals surface area contributed by atoms with E-state index in [9.17, 15) is 18.7 Å². The molecular formula is C28H43F2N5O4. The molecule has 0 fully saturated rings. The molecule has 1 aromatic carbocycles. The number of nitrogens with zero attached hydrogens (tertiary/aromatic N) is 3. The van der Waals surface area contributed by atoms with Crippen molar-refractivity contribution >= 4 is 17.0 Å². The minimum atomic E-state index is -1.01. The predicted octanol–water partition coefficient (Wildman–Crippen LogP) is 5.14. The summed E-state index contributed by atoms with van der Waals surface area (Å²) < 4.78 is 34.0. The van der Waals surface area contributed by atoms with Crippen molar-refractivity contribution in [2.45, 2.75) is 98.6 Å². The molecule has 0 aliphatic heterocycles. The molecule has 2 atom stereocenters. The summed E-state index contributed by atoms with van der Waals surface area (Å²) in [5.74, 6) is -1.80. The summed E-state index contributed by atoms with van der Waals surface area (Å²) in [5, 5.41) is 22.6. The highest BCUT2D eigenvalue weighted by molar-refractivity contribution is 5.77. The van der Waals surface area contributed by atoms with E-state index < -0.39 is 28.4 Å². The number of nitrogens with one attached hydrogen (secondary N) is 1. The fourth-order valence-corrected chi connectivity index (χ4v) is 2.76. The van der Waals surface area contributed by atoms with Gasteiger partial charge in [0.1, 0.15) is 11.5 Å². The van der Waals surface area contributed by atoms with Crippen LogP contribution in [0.1, 0.15) is 75.3 Å². The smallest absolute Gasteiger partial charge is 0.295 e. The van der Waals surface area contributed by atoms with Crippen molar-refractivity contribution in [1.82, 2.24) is 14.5 Å². The first-order valence-corrected chi connectivity index (χ1v) is 12.9. The number of nitrogens with two attached hydrogens (primary N) is 1. The molecule has 0 unspecified atom stereocenters. The quantitative estimate of drug-likeness (QED) is 0.317. The topological polar surface area (TPSA) is 136 Å². The molecule has 9 nitrogen and oxygen atoms in total. The van der Waals surface area contributed by atoms with Gasteiger partial charge >= 0.3 is 0 Å². The number of halogens is 2. The Kier molecular flexibility index (Phi) is 12.0. The zero-order valence-electron chi connectivity index (χ0n) is 24.5. The molecule has 2 heterocycles. The Morgan fingerprint density at radius 3 is 2.03 bits per heavy atom. The maximum Gasteiger partial charge on any atom is 0.295 e. The van der Waals surface area contributed by atoms with Gasteiger partial charge in [0.05, 0.1) is 17.2 Å². The van der Waals surface area contributed by atoms with E-state index in [-0.39, 0.29) is 35.6 Å². The van der Waals surface area contributed by atoms with E-state index in [1.54, 1.807) is 55.4 Å². The summed E-state index contributed by atoms with van der Waals surface area (Å²) in [4.78, 5) is 21.7. The van der Waals surface area contributed by atoms with Crippen LogP contribution < -0.4 is 21.3 Å². The molecule has 0 bridgehead atoms. The average molecular weight is 552 g/mol. The second kappa shape index (κ2) is 13.8. The second-order valence-electron chi connectivity index (χ2n) is 10.4. The number of fused-ring (bicyclic) bond motifs is 1. The van der Waals surface area contributed by atoms with Crippen LogP contribution in [0.15, 0.2) is 35.3 Å². The van der Waals surface area contributed by atoms with Crippen LogP contribution in [-0.4, -0.2) is 48.0 Å². The molecule has 218 valence electrons. The first kappa shape index (κ1) is 33.9. The van der Waals surface area contributed by atoms with Crippen molar-refractivity contribution in [2.24, 2.45) is 5.73 Å². The summed E-state index contributed by atoms with van der Waals surface area (Å²) >= 11 is 0. The molecule has 39 heavy (non-hydrogen) atoms. The van der Waals surface area contributed by atoms with Crippen LogP contribution >= 0.6 is 0 Å². The first-order valence-electron chi connectivity index (χ1n) is 12.9. The van der Waals surface area contributed by atoms with E-state index in [0.717, 1.165) is 12.1 Å². The number of rotatable bonds is 7. The van der Waals surface area contributed by atoms with Crippen LogP contribution in [0.2, 0.25) is 0 Å². The van der Waals surface area contributed by atoms with Gasteiger partial charge in [0.2, 0.25) is 5.95 Å². The molecule has 0 saturated carbocycles. The predicted molar refractivity (Wildman–Crippen MR) is 151 cm³/mol. The van der Waals surface area contributed by atoms with Gasteiger partial charge in [-0.3, -0.25) is 9.36 Å². The molecule has 0 saturated heterocycles. The maximum absolute atomic E-state index is 14.0. The highest BCUT2D eigenvalue weighted by Gasteiger charge is 2.24. The normalized spacial score (nSPS) is 13.1. The van der Waals surface area contributed by atoms with E-state index in [1.165, 1.54) is 16.8 Å². The Balaban J connectivity index is 0.000000735. The van der Waals surface area contributed by atoms with Gasteiger partial charge in [0, 0.05) is 29.7 Å². The number of hydrogen-bond acceptors (Lipinski definition) is 8. The van der Waals surface area contributed by atoms with Crippen LogP contribution in [0.25, 0.3) is 11.0 Å². The largest absolute Gasteiger partial charge is 0.448 e. The number of aromatic nitrogens is 3. The molecule has 0 spiro atoms. The summed E-state index contributed by atoms with van der Waals surface area (Å²) in [6.07, 6.45) is 1.51. The van der Waals surface area contributed by atoms with Crippen LogP contribution in [-0.2, 0) is 0 Å². The summed E-state index contributed by atoms with van der Waals surface area (Å²) in [5.41, 5.74) is 3.44. The van der Waals surface area contributed by atoms with E-state index in [4.69, 9.17) is 15.6 Å². The van der Waals surface area contributed by atoms with E-state index in [2.05, 4.69) is 15.3 Å². The number of aliphatic hydroxyl groups is 2. The summed E-state index contributed by atoms with van der Waals surface area (Å²) in [6, 6.07) is 3.49. The molecule has 3 rings (SSSR count). The van der Waals surface area contributed by atoms with Gasteiger partial charge in [-0.2, -0.15) is 4.98 Å². The summed E-state index contributed by atoms with van der Waals surface area (Å²) in [6.45, 7) is 17.9. The van der Waals surface area contributed by atoms with Gasteiger partial charge < -0.3 is 26.0 Å². The average Bonchev–Trinajstić information content (AvgIpc) is 2.81. The molecule has 0 amide bonds. The fraction of sp³-hybridized carbons (Fsp3) is 0.536. The van der Waals surface area contributed by atoms with Crippen LogP contribution in [0, 0.1) is 11.6 Å². The fourth-order valence-electron chi connectivity index (χ4n) is 2.76.